The quantitative estimate of drug-likeness (QED) is 0.638. The van der Waals surface area contributed by atoms with E-state index in [1.165, 1.54) is 16.7 Å². The Labute approximate surface area is 98.0 Å². The predicted molar refractivity (Wildman–Crippen MR) is 69.3 cm³/mol. The zero-order chi connectivity index (χ0) is 11.4. The summed E-state index contributed by atoms with van der Waals surface area (Å²) >= 11 is 0. The lowest BCUT2D eigenvalue weighted by molar-refractivity contribution is 0.678. The Hall–Kier alpha value is -1.52. The molecule has 0 N–H and O–H groups in total. The molecule has 0 heteroatoms. The maximum absolute atomic E-state index is 3.52. The van der Waals surface area contributed by atoms with E-state index in [0.29, 0.717) is 5.92 Å². The Kier molecular flexibility index (Phi) is 3.44. The molecular weight excluding hydrogens is 192 g/mol. The maximum atomic E-state index is 3.52. The second-order valence-corrected chi connectivity index (χ2v) is 4.53. The SMILES string of the molecule is CC1=C=C(Cc2ccccc2)C(C)CC=C1. The molecule has 1 aromatic carbocycles. The van der Waals surface area contributed by atoms with Gasteiger partial charge in [-0.25, -0.2) is 0 Å². The molecule has 0 radical (unpaired) electrons. The number of hydrogen-bond donors (Lipinski definition) is 0. The second kappa shape index (κ2) is 5.01. The van der Waals surface area contributed by atoms with E-state index in [1.807, 2.05) is 0 Å². The maximum Gasteiger partial charge on any atom is 0.00121 e. The summed E-state index contributed by atoms with van der Waals surface area (Å²) in [5.41, 5.74) is 7.58. The van der Waals surface area contributed by atoms with E-state index in [4.69, 9.17) is 0 Å². The first-order valence-electron chi connectivity index (χ1n) is 5.92. The van der Waals surface area contributed by atoms with E-state index < -0.39 is 0 Å². The van der Waals surface area contributed by atoms with Gasteiger partial charge in [0.15, 0.2) is 0 Å². The Morgan fingerprint density at radius 1 is 1.25 bits per heavy atom. The van der Waals surface area contributed by atoms with Gasteiger partial charge in [-0.05, 0) is 36.0 Å². The van der Waals surface area contributed by atoms with Crippen LogP contribution in [0.4, 0.5) is 0 Å². The van der Waals surface area contributed by atoms with Gasteiger partial charge in [-0.1, -0.05) is 49.4 Å². The van der Waals surface area contributed by atoms with Gasteiger partial charge in [0.05, 0.1) is 0 Å². The van der Waals surface area contributed by atoms with Gasteiger partial charge in [0, 0.05) is 6.42 Å². The highest BCUT2D eigenvalue weighted by Crippen LogP contribution is 2.22. The summed E-state index contributed by atoms with van der Waals surface area (Å²) in [5, 5.41) is 0. The molecule has 0 bridgehead atoms. The van der Waals surface area contributed by atoms with E-state index in [1.54, 1.807) is 0 Å². The lowest BCUT2D eigenvalue weighted by atomic mass is 9.93. The van der Waals surface area contributed by atoms with Crippen molar-refractivity contribution in [1.82, 2.24) is 0 Å². The molecule has 1 aliphatic carbocycles. The highest BCUT2D eigenvalue weighted by Gasteiger charge is 2.09. The van der Waals surface area contributed by atoms with Crippen LogP contribution < -0.4 is 0 Å². The van der Waals surface area contributed by atoms with Crippen LogP contribution >= 0.6 is 0 Å². The Balaban J connectivity index is 2.27. The van der Waals surface area contributed by atoms with Crippen molar-refractivity contribution in [3.63, 3.8) is 0 Å². The molecule has 1 atom stereocenters. The van der Waals surface area contributed by atoms with Crippen molar-refractivity contribution in [3.8, 4) is 0 Å². The standard InChI is InChI=1S/C16H18/c1-13-7-6-8-14(2)16(11-13)12-15-9-4-3-5-10-15/h3-7,9-10,14H,8,12H2,1-2H3. The van der Waals surface area contributed by atoms with E-state index in [2.05, 4.69) is 62.1 Å². The lowest BCUT2D eigenvalue weighted by Gasteiger charge is -2.11. The molecule has 0 amide bonds. The van der Waals surface area contributed by atoms with Crippen molar-refractivity contribution in [2.75, 3.05) is 0 Å². The molecule has 0 saturated carbocycles. The predicted octanol–water partition coefficient (Wildman–Crippen LogP) is 4.30. The van der Waals surface area contributed by atoms with Crippen molar-refractivity contribution in [1.29, 1.82) is 0 Å². The van der Waals surface area contributed by atoms with Gasteiger partial charge in [0.1, 0.15) is 0 Å². The van der Waals surface area contributed by atoms with Crippen LogP contribution in [0.5, 0.6) is 0 Å². The van der Waals surface area contributed by atoms with Gasteiger partial charge >= 0.3 is 0 Å². The molecule has 1 unspecified atom stereocenters. The van der Waals surface area contributed by atoms with Crippen molar-refractivity contribution in [2.24, 2.45) is 5.92 Å². The van der Waals surface area contributed by atoms with Crippen LogP contribution in [0, 0.1) is 5.92 Å². The first kappa shape index (κ1) is 11.0. The number of benzene rings is 1. The zero-order valence-corrected chi connectivity index (χ0v) is 10.0. The highest BCUT2D eigenvalue weighted by atomic mass is 14.1. The van der Waals surface area contributed by atoms with Crippen molar-refractivity contribution in [2.45, 2.75) is 26.7 Å². The summed E-state index contributed by atoms with van der Waals surface area (Å²) in [4.78, 5) is 0. The third-order valence-corrected chi connectivity index (χ3v) is 3.05. The van der Waals surface area contributed by atoms with Gasteiger partial charge in [0.2, 0.25) is 0 Å². The lowest BCUT2D eigenvalue weighted by Crippen LogP contribution is -2.00. The molecule has 0 aromatic heterocycles. The molecule has 82 valence electrons. The summed E-state index contributed by atoms with van der Waals surface area (Å²) in [7, 11) is 0. The van der Waals surface area contributed by atoms with E-state index >= 15 is 0 Å². The molecule has 0 heterocycles. The Bertz CT molecular complexity index is 442. The minimum absolute atomic E-state index is 0.605. The first-order chi connectivity index (χ1) is 7.75. The molecule has 2 rings (SSSR count). The van der Waals surface area contributed by atoms with Crippen LogP contribution in [0.1, 0.15) is 25.8 Å². The molecular formula is C16H18. The van der Waals surface area contributed by atoms with Crippen LogP contribution in [-0.2, 0) is 6.42 Å². The second-order valence-electron chi connectivity index (χ2n) is 4.53. The van der Waals surface area contributed by atoms with Crippen molar-refractivity contribution >= 4 is 0 Å². The minimum Gasteiger partial charge on any atom is -0.118 e. The third-order valence-electron chi connectivity index (χ3n) is 3.05. The average Bonchev–Trinajstić information content (AvgIpc) is 2.43. The van der Waals surface area contributed by atoms with Crippen LogP contribution in [0.3, 0.4) is 0 Å². The molecule has 0 saturated heterocycles. The molecule has 0 spiro atoms. The largest absolute Gasteiger partial charge is 0.118 e. The fourth-order valence-electron chi connectivity index (χ4n) is 2.04. The summed E-state index contributed by atoms with van der Waals surface area (Å²) in [5.74, 6) is 0.605. The van der Waals surface area contributed by atoms with Gasteiger partial charge in [-0.3, -0.25) is 0 Å². The molecule has 16 heavy (non-hydrogen) atoms. The van der Waals surface area contributed by atoms with Crippen LogP contribution in [-0.4, -0.2) is 0 Å². The van der Waals surface area contributed by atoms with E-state index in [-0.39, 0.29) is 0 Å². The monoisotopic (exact) mass is 210 g/mol. The van der Waals surface area contributed by atoms with E-state index in [0.717, 1.165) is 12.8 Å². The average molecular weight is 210 g/mol. The van der Waals surface area contributed by atoms with E-state index in [9.17, 15) is 0 Å². The normalized spacial score (nSPS) is 20.0. The fourth-order valence-corrected chi connectivity index (χ4v) is 2.04. The number of hydrogen-bond acceptors (Lipinski definition) is 0. The summed E-state index contributed by atoms with van der Waals surface area (Å²) in [6.07, 6.45) is 6.59. The van der Waals surface area contributed by atoms with Crippen molar-refractivity contribution in [3.05, 3.63) is 64.9 Å². The fraction of sp³-hybridized carbons (Fsp3) is 0.312. The Morgan fingerprint density at radius 2 is 2.00 bits per heavy atom. The number of allylic oxidation sites excluding steroid dienone is 3. The van der Waals surface area contributed by atoms with Gasteiger partial charge in [0.25, 0.3) is 0 Å². The van der Waals surface area contributed by atoms with Crippen molar-refractivity contribution < 1.29 is 0 Å². The Morgan fingerprint density at radius 3 is 2.75 bits per heavy atom. The topological polar surface area (TPSA) is 0 Å². The van der Waals surface area contributed by atoms with Crippen LogP contribution in [0.2, 0.25) is 0 Å². The zero-order valence-electron chi connectivity index (χ0n) is 10.0. The molecule has 0 fully saturated rings. The van der Waals surface area contributed by atoms with Gasteiger partial charge < -0.3 is 0 Å². The molecule has 1 aromatic rings. The number of rotatable bonds is 2. The molecule has 1 aliphatic rings. The minimum atomic E-state index is 0.605. The summed E-state index contributed by atoms with van der Waals surface area (Å²) in [6.45, 7) is 4.41. The smallest absolute Gasteiger partial charge is 0.00121 e. The van der Waals surface area contributed by atoms with Crippen LogP contribution in [0.15, 0.2) is 59.4 Å². The van der Waals surface area contributed by atoms with Crippen LogP contribution in [0.25, 0.3) is 0 Å². The third kappa shape index (κ3) is 2.74. The van der Waals surface area contributed by atoms with Gasteiger partial charge in [-0.15, -0.1) is 5.73 Å². The molecule has 0 nitrogen and oxygen atoms in total. The summed E-state index contributed by atoms with van der Waals surface area (Å²) < 4.78 is 0. The van der Waals surface area contributed by atoms with Gasteiger partial charge in [-0.2, -0.15) is 0 Å². The molecule has 0 aliphatic heterocycles. The summed E-state index contributed by atoms with van der Waals surface area (Å²) in [6, 6.07) is 10.7. The first-order valence-corrected chi connectivity index (χ1v) is 5.92. The highest BCUT2D eigenvalue weighted by molar-refractivity contribution is 5.28.